The van der Waals surface area contributed by atoms with Crippen LogP contribution in [0.1, 0.15) is 47.1 Å². The van der Waals surface area contributed by atoms with E-state index in [1.807, 2.05) is 26.8 Å². The minimum atomic E-state index is -1.13. The number of ether oxygens (including phenoxy) is 1. The maximum atomic E-state index is 12.4. The summed E-state index contributed by atoms with van der Waals surface area (Å²) in [7, 11) is 1.57. The Balaban J connectivity index is 2.95. The molecule has 0 radical (unpaired) electrons. The highest BCUT2D eigenvalue weighted by Crippen LogP contribution is 2.28. The van der Waals surface area contributed by atoms with E-state index in [9.17, 15) is 4.55 Å². The van der Waals surface area contributed by atoms with E-state index in [4.69, 9.17) is 16.3 Å². The molecule has 0 aromatic carbocycles. The van der Waals surface area contributed by atoms with Crippen molar-refractivity contribution in [2.45, 2.75) is 58.8 Å². The van der Waals surface area contributed by atoms with Gasteiger partial charge in [-0.05, 0) is 44.2 Å². The summed E-state index contributed by atoms with van der Waals surface area (Å²) in [5.41, 5.74) is 0.952. The van der Waals surface area contributed by atoms with Crippen LogP contribution in [-0.2, 0) is 17.8 Å². The molecule has 1 rings (SSSR count). The lowest BCUT2D eigenvalue weighted by Gasteiger charge is -2.34. The Labute approximate surface area is 142 Å². The van der Waals surface area contributed by atoms with E-state index in [0.29, 0.717) is 17.3 Å². The summed E-state index contributed by atoms with van der Waals surface area (Å²) in [4.78, 5) is 4.15. The molecule has 6 heteroatoms. The molecule has 0 aliphatic carbocycles. The number of pyridine rings is 1. The van der Waals surface area contributed by atoms with Crippen LogP contribution in [0.2, 0.25) is 5.15 Å². The van der Waals surface area contributed by atoms with Crippen LogP contribution in [-0.4, -0.2) is 27.4 Å². The standard InChI is InChI=1S/C16H27ClN2O2S/c1-15(2,3)13(19-22(20)16(4,5)6)9-11-8-12(21-7)14(17)18-10-11/h8,10,13,19H,9H2,1-7H3/t13?,22-/m1/s1. The second-order valence-electron chi connectivity index (χ2n) is 7.46. The van der Waals surface area contributed by atoms with Gasteiger partial charge in [-0.3, -0.25) is 0 Å². The Hall–Kier alpha value is -0.490. The number of nitrogens with one attached hydrogen (secondary N) is 1. The molecule has 1 unspecified atom stereocenters. The average molecular weight is 347 g/mol. The molecule has 0 amide bonds. The molecule has 1 heterocycles. The number of halogens is 1. The number of nitrogens with zero attached hydrogens (tertiary/aromatic N) is 1. The van der Waals surface area contributed by atoms with E-state index in [1.54, 1.807) is 13.3 Å². The SMILES string of the molecule is COc1cc(CC(N[S@+]([O-])C(C)(C)C)C(C)(C)C)cnc1Cl. The summed E-state index contributed by atoms with van der Waals surface area (Å²) < 4.78 is 20.6. The molecule has 0 aliphatic rings. The fourth-order valence-corrected chi connectivity index (χ4v) is 3.02. The van der Waals surface area contributed by atoms with Crippen LogP contribution in [0.3, 0.4) is 0 Å². The maximum Gasteiger partial charge on any atom is 0.171 e. The largest absolute Gasteiger partial charge is 0.598 e. The van der Waals surface area contributed by atoms with Crippen LogP contribution >= 0.6 is 11.6 Å². The van der Waals surface area contributed by atoms with Gasteiger partial charge in [0, 0.05) is 17.6 Å². The Morgan fingerprint density at radius 2 is 1.91 bits per heavy atom. The first-order valence-electron chi connectivity index (χ1n) is 7.31. The second kappa shape index (κ2) is 7.39. The van der Waals surface area contributed by atoms with Crippen molar-refractivity contribution in [2.24, 2.45) is 5.41 Å². The highest BCUT2D eigenvalue weighted by atomic mass is 35.5. The van der Waals surface area contributed by atoms with E-state index in [0.717, 1.165) is 5.56 Å². The molecule has 4 nitrogen and oxygen atoms in total. The van der Waals surface area contributed by atoms with E-state index >= 15 is 0 Å². The fourth-order valence-electron chi connectivity index (χ4n) is 1.79. The Morgan fingerprint density at radius 1 is 1.32 bits per heavy atom. The van der Waals surface area contributed by atoms with Crippen molar-refractivity contribution in [3.8, 4) is 5.75 Å². The first kappa shape index (κ1) is 19.6. The van der Waals surface area contributed by atoms with E-state index in [2.05, 4.69) is 30.5 Å². The molecule has 126 valence electrons. The van der Waals surface area contributed by atoms with Gasteiger partial charge in [0.15, 0.2) is 10.9 Å². The van der Waals surface area contributed by atoms with Crippen molar-refractivity contribution < 1.29 is 9.29 Å². The van der Waals surface area contributed by atoms with Gasteiger partial charge in [-0.15, -0.1) is 4.72 Å². The number of hydrogen-bond donors (Lipinski definition) is 1. The molecular formula is C16H27ClN2O2S. The van der Waals surface area contributed by atoms with Crippen molar-refractivity contribution in [3.63, 3.8) is 0 Å². The number of methoxy groups -OCH3 is 1. The van der Waals surface area contributed by atoms with Gasteiger partial charge in [-0.25, -0.2) is 4.98 Å². The molecule has 0 saturated heterocycles. The zero-order valence-electron chi connectivity index (χ0n) is 14.5. The number of hydrogen-bond acceptors (Lipinski definition) is 4. The lowest BCUT2D eigenvalue weighted by Crippen LogP contribution is -2.50. The number of rotatable bonds is 5. The maximum absolute atomic E-state index is 12.4. The van der Waals surface area contributed by atoms with Gasteiger partial charge in [0.1, 0.15) is 4.75 Å². The predicted molar refractivity (Wildman–Crippen MR) is 93.8 cm³/mol. The normalized spacial score (nSPS) is 15.5. The molecule has 1 aromatic rings. The van der Waals surface area contributed by atoms with Gasteiger partial charge in [0.2, 0.25) is 0 Å². The molecular weight excluding hydrogens is 320 g/mol. The van der Waals surface area contributed by atoms with Crippen LogP contribution in [0.25, 0.3) is 0 Å². The smallest absolute Gasteiger partial charge is 0.171 e. The van der Waals surface area contributed by atoms with Gasteiger partial charge >= 0.3 is 0 Å². The van der Waals surface area contributed by atoms with Crippen LogP contribution in [0.4, 0.5) is 0 Å². The topological polar surface area (TPSA) is 57.2 Å². The highest BCUT2D eigenvalue weighted by molar-refractivity contribution is 7.90. The van der Waals surface area contributed by atoms with Crippen LogP contribution in [0, 0.1) is 5.41 Å². The summed E-state index contributed by atoms with van der Waals surface area (Å²) >= 11 is 4.84. The summed E-state index contributed by atoms with van der Waals surface area (Å²) in [6.07, 6.45) is 2.44. The van der Waals surface area contributed by atoms with Crippen molar-refractivity contribution >= 4 is 23.0 Å². The summed E-state index contributed by atoms with van der Waals surface area (Å²) in [6.45, 7) is 12.3. The summed E-state index contributed by atoms with van der Waals surface area (Å²) in [5.74, 6) is 0.559. The molecule has 2 atom stereocenters. The number of aromatic nitrogens is 1. The van der Waals surface area contributed by atoms with Crippen molar-refractivity contribution in [3.05, 3.63) is 23.0 Å². The van der Waals surface area contributed by atoms with Crippen molar-refractivity contribution in [2.75, 3.05) is 7.11 Å². The third kappa shape index (κ3) is 5.61. The minimum Gasteiger partial charge on any atom is -0.598 e. The average Bonchev–Trinajstić information content (AvgIpc) is 2.37. The zero-order chi connectivity index (χ0) is 17.1. The Kier molecular flexibility index (Phi) is 6.57. The lowest BCUT2D eigenvalue weighted by molar-refractivity contribution is 0.294. The quantitative estimate of drug-likeness (QED) is 0.651. The van der Waals surface area contributed by atoms with Crippen molar-refractivity contribution in [1.82, 2.24) is 9.71 Å². The van der Waals surface area contributed by atoms with E-state index in [1.165, 1.54) is 0 Å². The monoisotopic (exact) mass is 346 g/mol. The first-order chi connectivity index (χ1) is 9.95. The minimum absolute atomic E-state index is 0.0419. The van der Waals surface area contributed by atoms with Crippen LogP contribution in [0.5, 0.6) is 5.75 Å². The van der Waals surface area contributed by atoms with Gasteiger partial charge in [-0.1, -0.05) is 32.4 Å². The molecule has 0 spiro atoms. The zero-order valence-corrected chi connectivity index (χ0v) is 16.1. The Bertz CT molecular complexity index is 498. The fraction of sp³-hybridized carbons (Fsp3) is 0.688. The summed E-state index contributed by atoms with van der Waals surface area (Å²) in [5, 5.41) is 0.352. The second-order valence-corrected chi connectivity index (χ2v) is 9.81. The predicted octanol–water partition coefficient (Wildman–Crippen LogP) is 3.75. The van der Waals surface area contributed by atoms with Gasteiger partial charge < -0.3 is 9.29 Å². The highest BCUT2D eigenvalue weighted by Gasteiger charge is 2.34. The molecule has 22 heavy (non-hydrogen) atoms. The molecule has 0 bridgehead atoms. The third-order valence-electron chi connectivity index (χ3n) is 3.37. The van der Waals surface area contributed by atoms with Crippen LogP contribution < -0.4 is 9.46 Å². The van der Waals surface area contributed by atoms with E-state index < -0.39 is 11.4 Å². The van der Waals surface area contributed by atoms with Gasteiger partial charge in [-0.2, -0.15) is 0 Å². The van der Waals surface area contributed by atoms with Crippen LogP contribution in [0.15, 0.2) is 12.3 Å². The molecule has 1 aromatic heterocycles. The van der Waals surface area contributed by atoms with Crippen molar-refractivity contribution in [1.29, 1.82) is 0 Å². The first-order valence-corrected chi connectivity index (χ1v) is 8.84. The lowest BCUT2D eigenvalue weighted by atomic mass is 9.84. The third-order valence-corrected chi connectivity index (χ3v) is 5.27. The van der Waals surface area contributed by atoms with Gasteiger partial charge in [0.25, 0.3) is 0 Å². The van der Waals surface area contributed by atoms with E-state index in [-0.39, 0.29) is 16.2 Å². The molecule has 0 aliphatic heterocycles. The summed E-state index contributed by atoms with van der Waals surface area (Å²) in [6, 6.07) is 1.93. The Morgan fingerprint density at radius 3 is 2.36 bits per heavy atom. The molecule has 1 N–H and O–H groups in total. The van der Waals surface area contributed by atoms with Gasteiger partial charge in [0.05, 0.1) is 13.2 Å². The molecule has 0 saturated carbocycles. The molecule has 0 fully saturated rings.